The molecule has 0 unspecified atom stereocenters. The molecule has 0 saturated carbocycles. The fraction of sp³-hybridized carbons (Fsp3) is 0.333. The van der Waals surface area contributed by atoms with Crippen LogP contribution in [0.5, 0.6) is 0 Å². The molecule has 0 aliphatic rings. The van der Waals surface area contributed by atoms with E-state index in [1.165, 1.54) is 10.9 Å². The monoisotopic (exact) mass is 292 g/mol. The summed E-state index contributed by atoms with van der Waals surface area (Å²) in [5.74, 6) is -1.08. The van der Waals surface area contributed by atoms with Crippen molar-refractivity contribution in [3.8, 4) is 0 Å². The fourth-order valence-corrected chi connectivity index (χ4v) is 1.93. The molecule has 9 nitrogen and oxygen atoms in total. The minimum atomic E-state index is -0.634. The van der Waals surface area contributed by atoms with Gasteiger partial charge in [0.25, 0.3) is 5.91 Å². The minimum Gasteiger partial charge on any atom is -0.462 e. The van der Waals surface area contributed by atoms with Gasteiger partial charge in [0.1, 0.15) is 22.8 Å². The topological polar surface area (TPSA) is 131 Å². The molecule has 112 valence electrons. The predicted octanol–water partition coefficient (Wildman–Crippen LogP) is -0.0454. The first-order valence-electron chi connectivity index (χ1n) is 6.22. The predicted molar refractivity (Wildman–Crippen MR) is 74.7 cm³/mol. The first-order valence-corrected chi connectivity index (χ1v) is 6.22. The molecule has 0 spiro atoms. The number of anilines is 2. The van der Waals surface area contributed by atoms with E-state index in [1.807, 2.05) is 0 Å². The summed E-state index contributed by atoms with van der Waals surface area (Å²) in [6.45, 7) is 3.52. The van der Waals surface area contributed by atoms with Gasteiger partial charge in [0, 0.05) is 7.05 Å². The molecular formula is C12H16N6O3. The third kappa shape index (κ3) is 2.33. The third-order valence-corrected chi connectivity index (χ3v) is 2.97. The lowest BCUT2D eigenvalue weighted by Crippen LogP contribution is -2.19. The largest absolute Gasteiger partial charge is 0.462 e. The molecule has 2 rings (SSSR count). The van der Waals surface area contributed by atoms with Gasteiger partial charge in [0.2, 0.25) is 0 Å². The van der Waals surface area contributed by atoms with Crippen LogP contribution in [0, 0.1) is 6.92 Å². The third-order valence-electron chi connectivity index (χ3n) is 2.97. The molecule has 2 aromatic heterocycles. The number of aromatic nitrogens is 4. The van der Waals surface area contributed by atoms with Gasteiger partial charge in [-0.05, 0) is 13.8 Å². The number of carbonyl (C=O) groups is 2. The molecule has 0 radical (unpaired) electrons. The van der Waals surface area contributed by atoms with Crippen LogP contribution >= 0.6 is 0 Å². The molecule has 2 heterocycles. The number of nitrogen functional groups attached to an aromatic ring is 2. The van der Waals surface area contributed by atoms with E-state index in [2.05, 4.69) is 10.2 Å². The van der Waals surface area contributed by atoms with Crippen molar-refractivity contribution in [3.63, 3.8) is 0 Å². The van der Waals surface area contributed by atoms with Gasteiger partial charge >= 0.3 is 5.97 Å². The first kappa shape index (κ1) is 14.6. The zero-order valence-electron chi connectivity index (χ0n) is 12.0. The minimum absolute atomic E-state index is 0.0327. The van der Waals surface area contributed by atoms with Crippen molar-refractivity contribution < 1.29 is 14.3 Å². The lowest BCUT2D eigenvalue weighted by molar-refractivity contribution is 0.0527. The van der Waals surface area contributed by atoms with Gasteiger partial charge in [-0.3, -0.25) is 9.48 Å². The highest BCUT2D eigenvalue weighted by molar-refractivity contribution is 6.04. The SMILES string of the molecule is CCOC(=O)c1cnn(C(=O)c2c(C)nn(C)c2N)c1N. The number of hydrogen-bond donors (Lipinski definition) is 2. The molecule has 0 aliphatic carbocycles. The van der Waals surface area contributed by atoms with Crippen LogP contribution in [-0.4, -0.2) is 38.0 Å². The van der Waals surface area contributed by atoms with E-state index in [9.17, 15) is 9.59 Å². The van der Waals surface area contributed by atoms with Gasteiger partial charge in [-0.2, -0.15) is 14.9 Å². The summed E-state index contributed by atoms with van der Waals surface area (Å²) in [7, 11) is 1.62. The molecule has 0 fully saturated rings. The zero-order valence-corrected chi connectivity index (χ0v) is 12.0. The van der Waals surface area contributed by atoms with Crippen LogP contribution in [0.25, 0.3) is 0 Å². The molecule has 0 bridgehead atoms. The van der Waals surface area contributed by atoms with E-state index in [4.69, 9.17) is 16.2 Å². The van der Waals surface area contributed by atoms with E-state index in [0.29, 0.717) is 5.69 Å². The lowest BCUT2D eigenvalue weighted by atomic mass is 10.2. The second-order valence-electron chi connectivity index (χ2n) is 4.35. The van der Waals surface area contributed by atoms with Crippen LogP contribution in [-0.2, 0) is 11.8 Å². The Morgan fingerprint density at radius 1 is 1.33 bits per heavy atom. The van der Waals surface area contributed by atoms with E-state index in [-0.39, 0.29) is 29.4 Å². The molecule has 9 heteroatoms. The Bertz CT molecular complexity index is 715. The molecule has 0 aromatic carbocycles. The summed E-state index contributed by atoms with van der Waals surface area (Å²) in [5.41, 5.74) is 12.3. The zero-order chi connectivity index (χ0) is 15.7. The summed E-state index contributed by atoms with van der Waals surface area (Å²) in [6.07, 6.45) is 1.19. The standard InChI is InChI=1S/C12H16N6O3/c1-4-21-12(20)7-5-15-18(9(7)13)11(19)8-6(2)16-17(3)10(8)14/h5H,4,13-14H2,1-3H3. The molecule has 0 aliphatic heterocycles. The summed E-state index contributed by atoms with van der Waals surface area (Å²) < 4.78 is 7.13. The highest BCUT2D eigenvalue weighted by Gasteiger charge is 2.25. The number of esters is 1. The van der Waals surface area contributed by atoms with Crippen LogP contribution in [0.2, 0.25) is 0 Å². The van der Waals surface area contributed by atoms with Crippen molar-refractivity contribution in [2.75, 3.05) is 18.1 Å². The average molecular weight is 292 g/mol. The van der Waals surface area contributed by atoms with E-state index < -0.39 is 11.9 Å². The Morgan fingerprint density at radius 2 is 2.00 bits per heavy atom. The van der Waals surface area contributed by atoms with Gasteiger partial charge in [-0.25, -0.2) is 4.79 Å². The van der Waals surface area contributed by atoms with Crippen LogP contribution < -0.4 is 11.5 Å². The van der Waals surface area contributed by atoms with Crippen molar-refractivity contribution in [1.82, 2.24) is 19.6 Å². The number of rotatable bonds is 3. The van der Waals surface area contributed by atoms with Crippen molar-refractivity contribution in [3.05, 3.63) is 23.0 Å². The summed E-state index contributed by atoms with van der Waals surface area (Å²) in [4.78, 5) is 24.1. The number of aryl methyl sites for hydroxylation is 2. The number of nitrogens with zero attached hydrogens (tertiary/aromatic N) is 4. The molecule has 0 amide bonds. The van der Waals surface area contributed by atoms with Crippen LogP contribution in [0.4, 0.5) is 11.6 Å². The van der Waals surface area contributed by atoms with Gasteiger partial charge in [0.15, 0.2) is 0 Å². The number of nitrogens with two attached hydrogens (primary N) is 2. The van der Waals surface area contributed by atoms with Crippen LogP contribution in [0.1, 0.15) is 33.3 Å². The van der Waals surface area contributed by atoms with Gasteiger partial charge in [-0.15, -0.1) is 0 Å². The number of hydrogen-bond acceptors (Lipinski definition) is 7. The van der Waals surface area contributed by atoms with Crippen molar-refractivity contribution in [2.45, 2.75) is 13.8 Å². The van der Waals surface area contributed by atoms with Gasteiger partial charge < -0.3 is 16.2 Å². The quantitative estimate of drug-likeness (QED) is 0.758. The maximum Gasteiger partial charge on any atom is 0.343 e. The lowest BCUT2D eigenvalue weighted by Gasteiger charge is -2.04. The molecule has 0 saturated heterocycles. The maximum absolute atomic E-state index is 12.5. The maximum atomic E-state index is 12.5. The Labute approximate surface area is 120 Å². The summed E-state index contributed by atoms with van der Waals surface area (Å²) >= 11 is 0. The first-order chi connectivity index (χ1) is 9.88. The van der Waals surface area contributed by atoms with Crippen molar-refractivity contribution in [1.29, 1.82) is 0 Å². The van der Waals surface area contributed by atoms with E-state index in [0.717, 1.165) is 4.68 Å². The van der Waals surface area contributed by atoms with E-state index in [1.54, 1.807) is 20.9 Å². The summed E-state index contributed by atoms with van der Waals surface area (Å²) in [6, 6.07) is 0. The van der Waals surface area contributed by atoms with Gasteiger partial charge in [0.05, 0.1) is 18.5 Å². The Hall–Kier alpha value is -2.84. The Balaban J connectivity index is 2.43. The summed E-state index contributed by atoms with van der Waals surface area (Å²) in [5, 5.41) is 7.89. The van der Waals surface area contributed by atoms with Crippen molar-refractivity contribution in [2.24, 2.45) is 7.05 Å². The smallest absolute Gasteiger partial charge is 0.343 e. The average Bonchev–Trinajstić information content (AvgIpc) is 2.91. The molecule has 21 heavy (non-hydrogen) atoms. The highest BCUT2D eigenvalue weighted by atomic mass is 16.5. The molecule has 0 atom stereocenters. The molecule has 4 N–H and O–H groups in total. The normalized spacial score (nSPS) is 10.6. The van der Waals surface area contributed by atoms with Gasteiger partial charge in [-0.1, -0.05) is 0 Å². The number of ether oxygens (including phenoxy) is 1. The van der Waals surface area contributed by atoms with Crippen LogP contribution in [0.15, 0.2) is 6.20 Å². The fourth-order valence-electron chi connectivity index (χ4n) is 1.93. The highest BCUT2D eigenvalue weighted by Crippen LogP contribution is 2.20. The van der Waals surface area contributed by atoms with Crippen molar-refractivity contribution >= 4 is 23.5 Å². The second-order valence-corrected chi connectivity index (χ2v) is 4.35. The Kier molecular flexibility index (Phi) is 3.66. The Morgan fingerprint density at radius 3 is 2.52 bits per heavy atom. The molecule has 2 aromatic rings. The molecular weight excluding hydrogens is 276 g/mol. The van der Waals surface area contributed by atoms with Crippen LogP contribution in [0.3, 0.4) is 0 Å². The van der Waals surface area contributed by atoms with E-state index >= 15 is 0 Å². The number of carbonyl (C=O) groups excluding carboxylic acids is 2. The second kappa shape index (κ2) is 5.27.